The van der Waals surface area contributed by atoms with Crippen molar-refractivity contribution in [3.63, 3.8) is 0 Å². The van der Waals surface area contributed by atoms with E-state index in [0.29, 0.717) is 32.3 Å². The molecule has 6 heteroatoms. The minimum atomic E-state index is -0.423. The van der Waals surface area contributed by atoms with E-state index in [2.05, 4.69) is 9.84 Å². The highest BCUT2D eigenvalue weighted by Crippen LogP contribution is 2.44. The molecular weight excluding hydrogens is 289 g/mol. The number of carbonyl (C=O) groups is 1. The summed E-state index contributed by atoms with van der Waals surface area (Å²) in [7, 11) is 0. The van der Waals surface area contributed by atoms with Crippen LogP contribution in [0.3, 0.4) is 0 Å². The first-order chi connectivity index (χ1) is 10.0. The summed E-state index contributed by atoms with van der Waals surface area (Å²) in [5.74, 6) is -0.247. The second-order valence-electron chi connectivity index (χ2n) is 4.72. The molecule has 1 aliphatic heterocycles. The van der Waals surface area contributed by atoms with Crippen LogP contribution < -0.4 is 5.73 Å². The van der Waals surface area contributed by atoms with E-state index < -0.39 is 5.82 Å². The fraction of sp³-hybridized carbons (Fsp3) is 0.133. The summed E-state index contributed by atoms with van der Waals surface area (Å²) in [6, 6.07) is 4.18. The van der Waals surface area contributed by atoms with E-state index in [1.54, 1.807) is 6.92 Å². The van der Waals surface area contributed by atoms with Crippen LogP contribution in [0.15, 0.2) is 23.2 Å². The predicted molar refractivity (Wildman–Crippen MR) is 80.9 cm³/mol. The van der Waals surface area contributed by atoms with Crippen LogP contribution in [0.1, 0.15) is 22.3 Å². The summed E-state index contributed by atoms with van der Waals surface area (Å²) in [5, 5.41) is 0.517. The van der Waals surface area contributed by atoms with Gasteiger partial charge in [-0.15, -0.1) is 11.3 Å². The van der Waals surface area contributed by atoms with Gasteiger partial charge in [-0.05, 0) is 24.6 Å². The van der Waals surface area contributed by atoms with Crippen LogP contribution in [-0.4, -0.2) is 11.6 Å². The highest BCUT2D eigenvalue weighted by Gasteiger charge is 2.26. The maximum absolute atomic E-state index is 14.1. The van der Waals surface area contributed by atoms with Crippen molar-refractivity contribution < 1.29 is 9.18 Å². The Labute approximate surface area is 124 Å². The van der Waals surface area contributed by atoms with Crippen molar-refractivity contribution in [3.8, 4) is 10.4 Å². The molecule has 2 N–H and O–H groups in total. The molecule has 0 saturated carbocycles. The first kappa shape index (κ1) is 13.5. The van der Waals surface area contributed by atoms with Gasteiger partial charge in [-0.3, -0.25) is 4.79 Å². The van der Waals surface area contributed by atoms with E-state index in [4.69, 9.17) is 12.3 Å². The van der Waals surface area contributed by atoms with Crippen LogP contribution in [0, 0.1) is 19.3 Å². The van der Waals surface area contributed by atoms with Gasteiger partial charge in [0.2, 0.25) is 0 Å². The van der Waals surface area contributed by atoms with Gasteiger partial charge in [-0.2, -0.15) is 0 Å². The Morgan fingerprint density at radius 2 is 2.24 bits per heavy atom. The zero-order valence-corrected chi connectivity index (χ0v) is 11.9. The largest absolute Gasteiger partial charge is 0.387 e. The fourth-order valence-corrected chi connectivity index (χ4v) is 3.59. The normalized spacial score (nSPS) is 13.6. The highest BCUT2D eigenvalue weighted by atomic mass is 32.1. The average Bonchev–Trinajstić information content (AvgIpc) is 2.76. The van der Waals surface area contributed by atoms with Gasteiger partial charge in [0, 0.05) is 10.4 Å². The SMILES string of the molecule is [C-]#[N+]c1ccc(F)c(-c2sc3c(c2C)C(=O)CC(N)=N3)c1. The summed E-state index contributed by atoms with van der Waals surface area (Å²) < 4.78 is 14.1. The molecule has 1 aliphatic rings. The third kappa shape index (κ3) is 2.12. The van der Waals surface area contributed by atoms with Crippen LogP contribution in [0.25, 0.3) is 15.3 Å². The fourth-order valence-electron chi connectivity index (χ4n) is 2.34. The minimum Gasteiger partial charge on any atom is -0.387 e. The van der Waals surface area contributed by atoms with Gasteiger partial charge in [0.05, 0.1) is 18.6 Å². The number of hydrogen-bond donors (Lipinski definition) is 1. The maximum Gasteiger partial charge on any atom is 0.188 e. The van der Waals surface area contributed by atoms with Gasteiger partial charge in [0.1, 0.15) is 16.7 Å². The summed E-state index contributed by atoms with van der Waals surface area (Å²) in [4.78, 5) is 20.2. The zero-order valence-electron chi connectivity index (χ0n) is 11.1. The zero-order chi connectivity index (χ0) is 15.1. The molecule has 0 spiro atoms. The topological polar surface area (TPSA) is 59.8 Å². The van der Waals surface area contributed by atoms with Crippen molar-refractivity contribution >= 4 is 33.6 Å². The molecule has 0 radical (unpaired) electrons. The Kier molecular flexibility index (Phi) is 3.07. The van der Waals surface area contributed by atoms with Gasteiger partial charge in [0.15, 0.2) is 11.5 Å². The van der Waals surface area contributed by atoms with Crippen LogP contribution in [0.4, 0.5) is 15.1 Å². The summed E-state index contributed by atoms with van der Waals surface area (Å²) in [6.45, 7) is 8.80. The number of ketones is 1. The van der Waals surface area contributed by atoms with Gasteiger partial charge < -0.3 is 5.73 Å². The molecule has 3 rings (SSSR count). The molecule has 0 fully saturated rings. The number of hydrogen-bond acceptors (Lipinski definition) is 4. The van der Waals surface area contributed by atoms with Crippen LogP contribution in [-0.2, 0) is 0 Å². The quantitative estimate of drug-likeness (QED) is 0.809. The van der Waals surface area contributed by atoms with Gasteiger partial charge >= 0.3 is 0 Å². The maximum atomic E-state index is 14.1. The Balaban J connectivity index is 2.25. The average molecular weight is 299 g/mol. The second-order valence-corrected chi connectivity index (χ2v) is 5.71. The highest BCUT2D eigenvalue weighted by molar-refractivity contribution is 7.20. The Morgan fingerprint density at radius 3 is 2.95 bits per heavy atom. The van der Waals surface area contributed by atoms with Gasteiger partial charge in [0.25, 0.3) is 0 Å². The Bertz CT molecular complexity index is 845. The van der Waals surface area contributed by atoms with E-state index >= 15 is 0 Å². The molecule has 0 amide bonds. The molecular formula is C15H10FN3OS. The molecule has 104 valence electrons. The number of thiophene rings is 1. The summed E-state index contributed by atoms with van der Waals surface area (Å²) >= 11 is 1.22. The number of nitrogens with zero attached hydrogens (tertiary/aromatic N) is 2. The second kappa shape index (κ2) is 4.79. The van der Waals surface area contributed by atoms with Crippen LogP contribution in [0.5, 0.6) is 0 Å². The molecule has 0 unspecified atom stereocenters. The number of aliphatic imine (C=N–C) groups is 1. The molecule has 0 saturated heterocycles. The number of carbonyl (C=O) groups excluding carboxylic acids is 1. The molecule has 21 heavy (non-hydrogen) atoms. The third-order valence-corrected chi connectivity index (χ3v) is 4.54. The molecule has 0 atom stereocenters. The Hall–Kier alpha value is -2.52. The number of amidine groups is 1. The number of halogens is 1. The molecule has 2 aromatic rings. The van der Waals surface area contributed by atoms with Gasteiger partial charge in [-0.1, -0.05) is 6.07 Å². The van der Waals surface area contributed by atoms with Crippen molar-refractivity contribution in [1.82, 2.24) is 0 Å². The van der Waals surface area contributed by atoms with Crippen molar-refractivity contribution in [2.45, 2.75) is 13.3 Å². The van der Waals surface area contributed by atoms with Gasteiger partial charge in [-0.25, -0.2) is 14.2 Å². The van der Waals surface area contributed by atoms with E-state index in [1.807, 2.05) is 0 Å². The number of fused-ring (bicyclic) bond motifs is 1. The summed E-state index contributed by atoms with van der Waals surface area (Å²) in [5.41, 5.74) is 7.51. The number of benzene rings is 1. The first-order valence-electron chi connectivity index (χ1n) is 6.18. The van der Waals surface area contributed by atoms with E-state index in [0.717, 1.165) is 0 Å². The first-order valence-corrected chi connectivity index (χ1v) is 7.00. The minimum absolute atomic E-state index is 0.0919. The van der Waals surface area contributed by atoms with Crippen molar-refractivity contribution in [1.29, 1.82) is 0 Å². The van der Waals surface area contributed by atoms with Crippen LogP contribution >= 0.6 is 11.3 Å². The lowest BCUT2D eigenvalue weighted by molar-refractivity contribution is 0.0999. The van der Waals surface area contributed by atoms with Crippen molar-refractivity contribution in [3.05, 3.63) is 46.6 Å². The summed E-state index contributed by atoms with van der Waals surface area (Å²) in [6.07, 6.45) is 0.0919. The van der Waals surface area contributed by atoms with E-state index in [9.17, 15) is 9.18 Å². The number of Topliss-reactive ketones (excluding diaryl/α,β-unsaturated/α-hetero) is 1. The lowest BCUT2D eigenvalue weighted by atomic mass is 10.00. The number of rotatable bonds is 1. The van der Waals surface area contributed by atoms with Crippen molar-refractivity contribution in [2.75, 3.05) is 0 Å². The number of nitrogens with two attached hydrogens (primary N) is 1. The Morgan fingerprint density at radius 1 is 1.48 bits per heavy atom. The third-order valence-electron chi connectivity index (χ3n) is 3.32. The lowest BCUT2D eigenvalue weighted by Gasteiger charge is -2.08. The molecule has 2 heterocycles. The molecule has 0 bridgehead atoms. The molecule has 0 aliphatic carbocycles. The van der Waals surface area contributed by atoms with E-state index in [-0.39, 0.29) is 18.0 Å². The predicted octanol–water partition coefficient (Wildman–Crippen LogP) is 3.99. The van der Waals surface area contributed by atoms with Crippen LogP contribution in [0.2, 0.25) is 0 Å². The lowest BCUT2D eigenvalue weighted by Crippen LogP contribution is -2.20. The van der Waals surface area contributed by atoms with Crippen molar-refractivity contribution in [2.24, 2.45) is 10.7 Å². The monoisotopic (exact) mass is 299 g/mol. The molecule has 4 nitrogen and oxygen atoms in total. The smallest absolute Gasteiger partial charge is 0.188 e. The standard InChI is InChI=1S/C15H10FN3OS/c1-7-13-11(20)6-12(17)19-15(13)21-14(7)9-5-8(18-2)3-4-10(9)16/h3-5H,6H2,1H3,(H2,17,19). The van der Waals surface area contributed by atoms with E-state index in [1.165, 1.54) is 29.5 Å². The molecule has 1 aromatic carbocycles. The molecule has 1 aromatic heterocycles.